The molecule has 80 valence electrons. The first-order chi connectivity index (χ1) is 6.20. The molecule has 0 atom stereocenters. The van der Waals surface area contributed by atoms with E-state index in [-0.39, 0.29) is 12.4 Å². The van der Waals surface area contributed by atoms with E-state index in [0.29, 0.717) is 0 Å². The van der Waals surface area contributed by atoms with Crippen LogP contribution >= 0.6 is 12.4 Å². The largest absolute Gasteiger partial charge is 0.496 e. The monoisotopic (exact) mass is 215 g/mol. The minimum atomic E-state index is 0. The molecule has 0 saturated carbocycles. The Morgan fingerprint density at radius 3 is 2.36 bits per heavy atom. The van der Waals surface area contributed by atoms with Crippen LogP contribution in [0, 0.1) is 13.8 Å². The molecule has 0 saturated heterocycles. The molecular weight excluding hydrogens is 198 g/mol. The third-order valence-corrected chi connectivity index (χ3v) is 2.32. The summed E-state index contributed by atoms with van der Waals surface area (Å²) in [7, 11) is 1.70. The average molecular weight is 216 g/mol. The first-order valence-corrected chi connectivity index (χ1v) is 4.58. The highest BCUT2D eigenvalue weighted by atomic mass is 35.5. The maximum atomic E-state index is 5.23. The topological polar surface area (TPSA) is 21.3 Å². The molecule has 0 heterocycles. The number of hydrogen-bond acceptors (Lipinski definition) is 2. The lowest BCUT2D eigenvalue weighted by atomic mass is 10.1. The SMILES string of the molecule is CCNc1ccc(OC)c(C)c1C.Cl. The van der Waals surface area contributed by atoms with Crippen molar-refractivity contribution in [2.24, 2.45) is 0 Å². The lowest BCUT2D eigenvalue weighted by molar-refractivity contribution is 0.411. The number of halogens is 1. The number of rotatable bonds is 3. The zero-order valence-corrected chi connectivity index (χ0v) is 9.99. The Morgan fingerprint density at radius 1 is 1.21 bits per heavy atom. The Hall–Kier alpha value is -0.890. The van der Waals surface area contributed by atoms with Gasteiger partial charge in [-0.2, -0.15) is 0 Å². The fraction of sp³-hybridized carbons (Fsp3) is 0.455. The van der Waals surface area contributed by atoms with Crippen LogP contribution in [0.2, 0.25) is 0 Å². The number of methoxy groups -OCH3 is 1. The molecule has 0 bridgehead atoms. The molecule has 0 spiro atoms. The van der Waals surface area contributed by atoms with Gasteiger partial charge in [0.05, 0.1) is 7.11 Å². The van der Waals surface area contributed by atoms with Gasteiger partial charge in [-0.25, -0.2) is 0 Å². The highest BCUT2D eigenvalue weighted by molar-refractivity contribution is 5.85. The summed E-state index contributed by atoms with van der Waals surface area (Å²) in [6.07, 6.45) is 0. The Bertz CT molecular complexity index is 300. The van der Waals surface area contributed by atoms with Crippen LogP contribution < -0.4 is 10.1 Å². The van der Waals surface area contributed by atoms with Crippen LogP contribution in [-0.2, 0) is 0 Å². The minimum absolute atomic E-state index is 0. The lowest BCUT2D eigenvalue weighted by Gasteiger charge is -2.12. The molecule has 1 aromatic rings. The maximum Gasteiger partial charge on any atom is 0.122 e. The minimum Gasteiger partial charge on any atom is -0.496 e. The van der Waals surface area contributed by atoms with Gasteiger partial charge in [0.1, 0.15) is 5.75 Å². The quantitative estimate of drug-likeness (QED) is 0.837. The van der Waals surface area contributed by atoms with E-state index >= 15 is 0 Å². The average Bonchev–Trinajstić information content (AvgIpc) is 2.14. The fourth-order valence-electron chi connectivity index (χ4n) is 1.40. The van der Waals surface area contributed by atoms with Crippen LogP contribution in [0.1, 0.15) is 18.1 Å². The highest BCUT2D eigenvalue weighted by Gasteiger charge is 2.04. The molecule has 0 aliphatic rings. The normalized spacial score (nSPS) is 9.14. The number of hydrogen-bond donors (Lipinski definition) is 1. The van der Waals surface area contributed by atoms with Gasteiger partial charge < -0.3 is 10.1 Å². The standard InChI is InChI=1S/C11H17NO.ClH/c1-5-12-10-6-7-11(13-4)9(3)8(10)2;/h6-7,12H,5H2,1-4H3;1H. The van der Waals surface area contributed by atoms with E-state index in [9.17, 15) is 0 Å². The van der Waals surface area contributed by atoms with E-state index in [1.54, 1.807) is 7.11 Å². The molecule has 0 aliphatic heterocycles. The van der Waals surface area contributed by atoms with Gasteiger partial charge in [-0.05, 0) is 44.0 Å². The van der Waals surface area contributed by atoms with Crippen molar-refractivity contribution in [3.05, 3.63) is 23.3 Å². The van der Waals surface area contributed by atoms with Crippen LogP contribution in [0.25, 0.3) is 0 Å². The van der Waals surface area contributed by atoms with Crippen molar-refractivity contribution in [2.75, 3.05) is 19.0 Å². The summed E-state index contributed by atoms with van der Waals surface area (Å²) in [5.74, 6) is 0.958. The molecule has 14 heavy (non-hydrogen) atoms. The van der Waals surface area contributed by atoms with Crippen LogP contribution in [0.4, 0.5) is 5.69 Å². The van der Waals surface area contributed by atoms with Gasteiger partial charge in [0.25, 0.3) is 0 Å². The predicted molar refractivity (Wildman–Crippen MR) is 63.9 cm³/mol. The molecule has 0 unspecified atom stereocenters. The summed E-state index contributed by atoms with van der Waals surface area (Å²) in [6.45, 7) is 7.23. The number of anilines is 1. The molecule has 2 nitrogen and oxygen atoms in total. The first kappa shape index (κ1) is 13.1. The summed E-state index contributed by atoms with van der Waals surface area (Å²) in [4.78, 5) is 0. The van der Waals surface area contributed by atoms with Gasteiger partial charge >= 0.3 is 0 Å². The van der Waals surface area contributed by atoms with E-state index < -0.39 is 0 Å². The Balaban J connectivity index is 0.00000169. The molecule has 0 aromatic heterocycles. The van der Waals surface area contributed by atoms with Gasteiger partial charge in [-0.1, -0.05) is 0 Å². The van der Waals surface area contributed by atoms with Gasteiger partial charge in [0, 0.05) is 12.2 Å². The lowest BCUT2D eigenvalue weighted by Crippen LogP contribution is -2.00. The summed E-state index contributed by atoms with van der Waals surface area (Å²) in [5.41, 5.74) is 3.67. The molecule has 1 aromatic carbocycles. The third-order valence-electron chi connectivity index (χ3n) is 2.32. The summed E-state index contributed by atoms with van der Waals surface area (Å²) >= 11 is 0. The smallest absolute Gasteiger partial charge is 0.122 e. The summed E-state index contributed by atoms with van der Waals surface area (Å²) in [6, 6.07) is 4.06. The Labute approximate surface area is 92.1 Å². The molecule has 1 rings (SSSR count). The molecular formula is C11H18ClNO. The summed E-state index contributed by atoms with van der Waals surface area (Å²) < 4.78 is 5.23. The third kappa shape index (κ3) is 2.55. The molecule has 0 fully saturated rings. The number of benzene rings is 1. The second-order valence-corrected chi connectivity index (χ2v) is 3.10. The second-order valence-electron chi connectivity index (χ2n) is 3.10. The number of ether oxygens (including phenoxy) is 1. The zero-order chi connectivity index (χ0) is 9.84. The van der Waals surface area contributed by atoms with Crippen molar-refractivity contribution < 1.29 is 4.74 Å². The van der Waals surface area contributed by atoms with Crippen molar-refractivity contribution in [1.29, 1.82) is 0 Å². The van der Waals surface area contributed by atoms with E-state index in [2.05, 4.69) is 32.2 Å². The van der Waals surface area contributed by atoms with Crippen molar-refractivity contribution in [2.45, 2.75) is 20.8 Å². The van der Waals surface area contributed by atoms with Crippen LogP contribution in [-0.4, -0.2) is 13.7 Å². The van der Waals surface area contributed by atoms with Gasteiger partial charge in [-0.15, -0.1) is 12.4 Å². The van der Waals surface area contributed by atoms with Crippen LogP contribution in [0.5, 0.6) is 5.75 Å². The molecule has 0 aliphatic carbocycles. The van der Waals surface area contributed by atoms with E-state index in [0.717, 1.165) is 12.3 Å². The summed E-state index contributed by atoms with van der Waals surface area (Å²) in [5, 5.41) is 3.31. The molecule has 0 amide bonds. The van der Waals surface area contributed by atoms with E-state index in [4.69, 9.17) is 4.74 Å². The highest BCUT2D eigenvalue weighted by Crippen LogP contribution is 2.26. The molecule has 0 radical (unpaired) electrons. The predicted octanol–water partition coefficient (Wildman–Crippen LogP) is 3.17. The van der Waals surface area contributed by atoms with Gasteiger partial charge in [0.15, 0.2) is 0 Å². The number of nitrogens with one attached hydrogen (secondary N) is 1. The van der Waals surface area contributed by atoms with Crippen molar-refractivity contribution in [3.8, 4) is 5.75 Å². The van der Waals surface area contributed by atoms with E-state index in [1.165, 1.54) is 16.8 Å². The Morgan fingerprint density at radius 2 is 1.86 bits per heavy atom. The van der Waals surface area contributed by atoms with Crippen LogP contribution in [0.15, 0.2) is 12.1 Å². The molecule has 3 heteroatoms. The zero-order valence-electron chi connectivity index (χ0n) is 9.18. The second kappa shape index (κ2) is 5.76. The first-order valence-electron chi connectivity index (χ1n) is 4.58. The van der Waals surface area contributed by atoms with Crippen LogP contribution in [0.3, 0.4) is 0 Å². The fourth-order valence-corrected chi connectivity index (χ4v) is 1.40. The molecule has 1 N–H and O–H groups in total. The maximum absolute atomic E-state index is 5.23. The Kier molecular flexibility index (Phi) is 5.39. The van der Waals surface area contributed by atoms with Crippen molar-refractivity contribution >= 4 is 18.1 Å². The van der Waals surface area contributed by atoms with Crippen molar-refractivity contribution in [3.63, 3.8) is 0 Å². The van der Waals surface area contributed by atoms with E-state index in [1.807, 2.05) is 6.07 Å². The van der Waals surface area contributed by atoms with Gasteiger partial charge in [0.2, 0.25) is 0 Å². The van der Waals surface area contributed by atoms with Crippen molar-refractivity contribution in [1.82, 2.24) is 0 Å². The van der Waals surface area contributed by atoms with Gasteiger partial charge in [-0.3, -0.25) is 0 Å².